The first-order valence-electron chi connectivity index (χ1n) is 5.44. The fraction of sp³-hybridized carbons (Fsp3) is 0.500. The fourth-order valence-electron chi connectivity index (χ4n) is 1.86. The third-order valence-electron chi connectivity index (χ3n) is 3.01. The topological polar surface area (TPSA) is 36.9 Å². The summed E-state index contributed by atoms with van der Waals surface area (Å²) in [7, 11) is 0. The molecule has 4 nitrogen and oxygen atoms in total. The molecule has 16 heavy (non-hydrogen) atoms. The van der Waals surface area contributed by atoms with Crippen molar-refractivity contribution in [1.29, 1.82) is 0 Å². The molecular weight excluding hydrogens is 208 g/mol. The van der Waals surface area contributed by atoms with E-state index in [2.05, 4.69) is 0 Å². The lowest BCUT2D eigenvalue weighted by Crippen LogP contribution is -2.13. The minimum Gasteiger partial charge on any atom is -0.454 e. The van der Waals surface area contributed by atoms with Gasteiger partial charge in [0.25, 0.3) is 0 Å². The van der Waals surface area contributed by atoms with Gasteiger partial charge in [0.15, 0.2) is 17.8 Å². The van der Waals surface area contributed by atoms with Gasteiger partial charge < -0.3 is 18.9 Å². The first-order chi connectivity index (χ1) is 7.74. The van der Waals surface area contributed by atoms with E-state index in [9.17, 15) is 0 Å². The van der Waals surface area contributed by atoms with Crippen molar-refractivity contribution in [2.24, 2.45) is 0 Å². The maximum atomic E-state index is 5.70. The Morgan fingerprint density at radius 1 is 1.00 bits per heavy atom. The van der Waals surface area contributed by atoms with Crippen molar-refractivity contribution < 1.29 is 18.9 Å². The molecule has 1 aromatic carbocycles. The van der Waals surface area contributed by atoms with Gasteiger partial charge in [0.05, 0.1) is 12.2 Å². The van der Waals surface area contributed by atoms with Gasteiger partial charge in [0, 0.05) is 5.56 Å². The van der Waals surface area contributed by atoms with Crippen LogP contribution in [0.15, 0.2) is 18.2 Å². The first-order valence-corrected chi connectivity index (χ1v) is 5.44. The number of hydrogen-bond acceptors (Lipinski definition) is 4. The van der Waals surface area contributed by atoms with E-state index in [0.717, 1.165) is 17.1 Å². The summed E-state index contributed by atoms with van der Waals surface area (Å²) in [5.41, 5.74) is 0.973. The molecule has 0 aromatic heterocycles. The van der Waals surface area contributed by atoms with Crippen molar-refractivity contribution in [2.45, 2.75) is 32.3 Å². The first kappa shape index (κ1) is 9.93. The lowest BCUT2D eigenvalue weighted by atomic mass is 10.2. The van der Waals surface area contributed by atoms with Crippen LogP contribution in [0.25, 0.3) is 0 Å². The Balaban J connectivity index is 1.85. The van der Waals surface area contributed by atoms with Gasteiger partial charge in [-0.15, -0.1) is 0 Å². The molecule has 0 spiro atoms. The van der Waals surface area contributed by atoms with Gasteiger partial charge in [0.2, 0.25) is 6.79 Å². The Labute approximate surface area is 94.1 Å². The van der Waals surface area contributed by atoms with Gasteiger partial charge in [-0.25, -0.2) is 0 Å². The fourth-order valence-corrected chi connectivity index (χ4v) is 1.86. The van der Waals surface area contributed by atoms with Crippen molar-refractivity contribution in [3.63, 3.8) is 0 Å². The van der Waals surface area contributed by atoms with Crippen LogP contribution < -0.4 is 9.47 Å². The van der Waals surface area contributed by atoms with Crippen LogP contribution in [0.5, 0.6) is 11.5 Å². The molecule has 0 amide bonds. The van der Waals surface area contributed by atoms with Gasteiger partial charge in [0.1, 0.15) is 0 Å². The van der Waals surface area contributed by atoms with Crippen LogP contribution in [0.4, 0.5) is 0 Å². The van der Waals surface area contributed by atoms with Gasteiger partial charge in [-0.05, 0) is 32.0 Å². The Bertz CT molecular complexity index is 394. The molecule has 0 radical (unpaired) electrons. The van der Waals surface area contributed by atoms with E-state index in [1.165, 1.54) is 0 Å². The van der Waals surface area contributed by atoms with E-state index in [1.54, 1.807) is 0 Å². The summed E-state index contributed by atoms with van der Waals surface area (Å²) in [6, 6.07) is 5.75. The van der Waals surface area contributed by atoms with E-state index in [-0.39, 0.29) is 25.3 Å². The summed E-state index contributed by atoms with van der Waals surface area (Å²) in [4.78, 5) is 0. The lowest BCUT2D eigenvalue weighted by molar-refractivity contribution is -0.0653. The molecule has 0 bridgehead atoms. The highest BCUT2D eigenvalue weighted by atomic mass is 16.7. The summed E-state index contributed by atoms with van der Waals surface area (Å²) in [6.07, 6.45) is -0.0506. The molecule has 3 rings (SSSR count). The smallest absolute Gasteiger partial charge is 0.231 e. The predicted octanol–water partition coefficient (Wildman–Crippen LogP) is 2.24. The van der Waals surface area contributed by atoms with Crippen molar-refractivity contribution in [3.8, 4) is 11.5 Å². The summed E-state index contributed by atoms with van der Waals surface area (Å²) < 4.78 is 22.0. The summed E-state index contributed by atoms with van der Waals surface area (Å²) in [6.45, 7) is 4.31. The second-order valence-electron chi connectivity index (χ2n) is 4.13. The van der Waals surface area contributed by atoms with E-state index >= 15 is 0 Å². The van der Waals surface area contributed by atoms with Crippen molar-refractivity contribution in [2.75, 3.05) is 6.79 Å². The summed E-state index contributed by atoms with van der Waals surface area (Å²) in [5.74, 6) is 1.54. The van der Waals surface area contributed by atoms with Gasteiger partial charge in [-0.1, -0.05) is 0 Å². The van der Waals surface area contributed by atoms with Crippen LogP contribution in [-0.2, 0) is 9.47 Å². The minimum absolute atomic E-state index is 0.121. The van der Waals surface area contributed by atoms with Crippen LogP contribution in [0.1, 0.15) is 25.7 Å². The molecule has 1 unspecified atom stereocenters. The van der Waals surface area contributed by atoms with Crippen LogP contribution >= 0.6 is 0 Å². The van der Waals surface area contributed by atoms with Crippen molar-refractivity contribution >= 4 is 0 Å². The lowest BCUT2D eigenvalue weighted by Gasteiger charge is -2.10. The Kier molecular flexibility index (Phi) is 2.26. The maximum Gasteiger partial charge on any atom is 0.231 e. The number of hydrogen-bond donors (Lipinski definition) is 0. The number of ether oxygens (including phenoxy) is 4. The molecule has 2 aliphatic rings. The average Bonchev–Trinajstić information content (AvgIpc) is 2.85. The van der Waals surface area contributed by atoms with Gasteiger partial charge >= 0.3 is 0 Å². The number of benzene rings is 1. The van der Waals surface area contributed by atoms with Crippen molar-refractivity contribution in [3.05, 3.63) is 23.8 Å². The molecule has 4 heteroatoms. The second kappa shape index (κ2) is 3.64. The molecule has 2 heterocycles. The predicted molar refractivity (Wildman–Crippen MR) is 56.4 cm³/mol. The molecule has 2 aliphatic heterocycles. The zero-order valence-corrected chi connectivity index (χ0v) is 9.30. The van der Waals surface area contributed by atoms with E-state index < -0.39 is 0 Å². The third kappa shape index (κ3) is 1.54. The Morgan fingerprint density at radius 3 is 2.44 bits per heavy atom. The normalized spacial score (nSPS) is 32.0. The largest absolute Gasteiger partial charge is 0.454 e. The molecule has 0 aliphatic carbocycles. The highest BCUT2D eigenvalue weighted by Crippen LogP contribution is 2.38. The zero-order valence-electron chi connectivity index (χ0n) is 9.30. The molecule has 1 aromatic rings. The molecular formula is C12H14O4. The monoisotopic (exact) mass is 222 g/mol. The standard InChI is InChI=1S/C12H14O4/c1-7-8(2)16-12(15-7)9-3-4-10-11(5-9)14-6-13-10/h3-5,7-8,12H,6H2,1-2H3/t7-,8+,12?. The maximum absolute atomic E-state index is 5.70. The molecule has 86 valence electrons. The van der Waals surface area contributed by atoms with Crippen LogP contribution in [-0.4, -0.2) is 19.0 Å². The zero-order chi connectivity index (χ0) is 11.1. The molecule has 0 saturated carbocycles. The van der Waals surface area contributed by atoms with Crippen LogP contribution in [0.2, 0.25) is 0 Å². The van der Waals surface area contributed by atoms with E-state index in [1.807, 2.05) is 32.0 Å². The van der Waals surface area contributed by atoms with E-state index in [0.29, 0.717) is 0 Å². The highest BCUT2D eigenvalue weighted by Gasteiger charge is 2.31. The Hall–Kier alpha value is -1.26. The van der Waals surface area contributed by atoms with E-state index in [4.69, 9.17) is 18.9 Å². The van der Waals surface area contributed by atoms with Crippen LogP contribution in [0.3, 0.4) is 0 Å². The summed E-state index contributed by atoms with van der Waals surface area (Å²) >= 11 is 0. The van der Waals surface area contributed by atoms with Crippen LogP contribution in [0, 0.1) is 0 Å². The average molecular weight is 222 g/mol. The number of fused-ring (bicyclic) bond motifs is 1. The SMILES string of the molecule is C[C@@H]1OC(c2ccc3c(c2)OCO3)O[C@@H]1C. The van der Waals surface area contributed by atoms with Crippen molar-refractivity contribution in [1.82, 2.24) is 0 Å². The third-order valence-corrected chi connectivity index (χ3v) is 3.01. The molecule has 3 atom stereocenters. The molecule has 0 N–H and O–H groups in total. The number of rotatable bonds is 1. The summed E-state index contributed by atoms with van der Waals surface area (Å²) in [5, 5.41) is 0. The molecule has 1 fully saturated rings. The van der Waals surface area contributed by atoms with Gasteiger partial charge in [-0.3, -0.25) is 0 Å². The van der Waals surface area contributed by atoms with Gasteiger partial charge in [-0.2, -0.15) is 0 Å². The quantitative estimate of drug-likeness (QED) is 0.730. The minimum atomic E-state index is -0.292. The Morgan fingerprint density at radius 2 is 1.69 bits per heavy atom. The second-order valence-corrected chi connectivity index (χ2v) is 4.13. The highest BCUT2D eigenvalue weighted by molar-refractivity contribution is 5.44. The molecule has 1 saturated heterocycles.